The monoisotopic (exact) mass is 238 g/mol. The lowest BCUT2D eigenvalue weighted by Gasteiger charge is -2.05. The molecule has 84 valence electrons. The van der Waals surface area contributed by atoms with E-state index in [2.05, 4.69) is 11.8 Å². The zero-order chi connectivity index (χ0) is 12.0. The summed E-state index contributed by atoms with van der Waals surface area (Å²) in [5.74, 6) is 5.02. The largest absolute Gasteiger partial charge is 0.493 e. The van der Waals surface area contributed by atoms with Gasteiger partial charge in [0.15, 0.2) is 0 Å². The standard InChI is InChI=1S/C12H11ClO3/c1-2-3-4-7-16-9-5-6-11(13)10(8-9)12(14)15/h5-6,8H,4,7H2,1H3,(H,14,15). The summed E-state index contributed by atoms with van der Waals surface area (Å²) in [6, 6.07) is 4.55. The van der Waals surface area contributed by atoms with Gasteiger partial charge in [0.1, 0.15) is 5.75 Å². The van der Waals surface area contributed by atoms with Crippen molar-refractivity contribution in [2.24, 2.45) is 0 Å². The molecule has 0 aromatic heterocycles. The molecule has 0 heterocycles. The van der Waals surface area contributed by atoms with Crippen LogP contribution in [0.25, 0.3) is 0 Å². The van der Waals surface area contributed by atoms with Gasteiger partial charge in [-0.15, -0.1) is 11.8 Å². The van der Waals surface area contributed by atoms with Crippen LogP contribution in [0.15, 0.2) is 18.2 Å². The van der Waals surface area contributed by atoms with Gasteiger partial charge in [0.25, 0.3) is 0 Å². The molecule has 1 aromatic carbocycles. The summed E-state index contributed by atoms with van der Waals surface area (Å²) in [7, 11) is 0. The number of hydrogen-bond acceptors (Lipinski definition) is 2. The third kappa shape index (κ3) is 3.48. The Morgan fingerprint density at radius 2 is 2.31 bits per heavy atom. The van der Waals surface area contributed by atoms with Gasteiger partial charge in [0.05, 0.1) is 17.2 Å². The Balaban J connectivity index is 2.70. The molecule has 1 rings (SSSR count). The van der Waals surface area contributed by atoms with Gasteiger partial charge in [-0.05, 0) is 25.1 Å². The van der Waals surface area contributed by atoms with Crippen molar-refractivity contribution >= 4 is 17.6 Å². The van der Waals surface area contributed by atoms with Crippen LogP contribution in [0.3, 0.4) is 0 Å². The van der Waals surface area contributed by atoms with Crippen LogP contribution in [0.2, 0.25) is 5.02 Å². The second kappa shape index (κ2) is 6.04. The highest BCUT2D eigenvalue weighted by Gasteiger charge is 2.09. The van der Waals surface area contributed by atoms with Crippen molar-refractivity contribution in [3.8, 4) is 17.6 Å². The van der Waals surface area contributed by atoms with Crippen molar-refractivity contribution in [3.63, 3.8) is 0 Å². The van der Waals surface area contributed by atoms with E-state index in [0.29, 0.717) is 18.8 Å². The molecule has 0 unspecified atom stereocenters. The quantitative estimate of drug-likeness (QED) is 0.648. The molecule has 0 aliphatic rings. The summed E-state index contributed by atoms with van der Waals surface area (Å²) < 4.78 is 5.33. The zero-order valence-electron chi connectivity index (χ0n) is 8.79. The molecule has 0 aliphatic carbocycles. The smallest absolute Gasteiger partial charge is 0.337 e. The highest BCUT2D eigenvalue weighted by molar-refractivity contribution is 6.33. The normalized spacial score (nSPS) is 9.12. The number of carboxylic acids is 1. The molecule has 0 amide bonds. The molecule has 0 aliphatic heterocycles. The van der Waals surface area contributed by atoms with Gasteiger partial charge >= 0.3 is 5.97 Å². The minimum atomic E-state index is -1.07. The van der Waals surface area contributed by atoms with E-state index in [1.54, 1.807) is 13.0 Å². The summed E-state index contributed by atoms with van der Waals surface area (Å²) in [6.07, 6.45) is 0.613. The molecule has 0 saturated heterocycles. The summed E-state index contributed by atoms with van der Waals surface area (Å²) in [4.78, 5) is 10.8. The van der Waals surface area contributed by atoms with Crippen LogP contribution < -0.4 is 4.74 Å². The van der Waals surface area contributed by atoms with E-state index >= 15 is 0 Å². The number of benzene rings is 1. The van der Waals surface area contributed by atoms with Crippen molar-refractivity contribution in [3.05, 3.63) is 28.8 Å². The number of rotatable bonds is 4. The zero-order valence-corrected chi connectivity index (χ0v) is 9.54. The molecule has 0 saturated carbocycles. The van der Waals surface area contributed by atoms with Crippen molar-refractivity contribution in [1.82, 2.24) is 0 Å². The van der Waals surface area contributed by atoms with Gasteiger partial charge in [-0.25, -0.2) is 4.79 Å². The molecule has 1 aromatic rings. The number of aromatic carboxylic acids is 1. The third-order valence-corrected chi connectivity index (χ3v) is 2.17. The average molecular weight is 239 g/mol. The Labute approximate surface area is 99.0 Å². The first kappa shape index (κ1) is 12.4. The number of halogens is 1. The lowest BCUT2D eigenvalue weighted by Crippen LogP contribution is -2.00. The number of carboxylic acid groups (broad SMARTS) is 1. The summed E-state index contributed by atoms with van der Waals surface area (Å²) in [5.41, 5.74) is 0.0424. The topological polar surface area (TPSA) is 46.5 Å². The fraction of sp³-hybridized carbons (Fsp3) is 0.250. The van der Waals surface area contributed by atoms with E-state index in [1.807, 2.05) is 0 Å². The van der Waals surface area contributed by atoms with Crippen LogP contribution in [0, 0.1) is 11.8 Å². The maximum atomic E-state index is 10.8. The molecule has 0 spiro atoms. The molecule has 0 bridgehead atoms. The van der Waals surface area contributed by atoms with Crippen LogP contribution in [0.5, 0.6) is 5.75 Å². The molecule has 0 fully saturated rings. The third-order valence-electron chi connectivity index (χ3n) is 1.84. The SMILES string of the molecule is CC#CCCOc1ccc(Cl)c(C(=O)O)c1. The Bertz CT molecular complexity index is 443. The Hall–Kier alpha value is -1.66. The van der Waals surface area contributed by atoms with Crippen molar-refractivity contribution < 1.29 is 14.6 Å². The highest BCUT2D eigenvalue weighted by atomic mass is 35.5. The van der Waals surface area contributed by atoms with Crippen LogP contribution in [0.4, 0.5) is 0 Å². The van der Waals surface area contributed by atoms with E-state index in [9.17, 15) is 4.79 Å². The maximum Gasteiger partial charge on any atom is 0.337 e. The first-order valence-electron chi connectivity index (χ1n) is 4.70. The first-order chi connectivity index (χ1) is 7.65. The molecule has 0 atom stereocenters. The number of ether oxygens (including phenoxy) is 1. The van der Waals surface area contributed by atoms with Crippen molar-refractivity contribution in [2.45, 2.75) is 13.3 Å². The van der Waals surface area contributed by atoms with Gasteiger partial charge in [-0.3, -0.25) is 0 Å². The van der Waals surface area contributed by atoms with E-state index in [1.165, 1.54) is 12.1 Å². The lowest BCUT2D eigenvalue weighted by atomic mass is 10.2. The van der Waals surface area contributed by atoms with E-state index in [4.69, 9.17) is 21.4 Å². The molecule has 1 N–H and O–H groups in total. The fourth-order valence-corrected chi connectivity index (χ4v) is 1.30. The number of carbonyl (C=O) groups is 1. The van der Waals surface area contributed by atoms with Crippen molar-refractivity contribution in [1.29, 1.82) is 0 Å². The van der Waals surface area contributed by atoms with Crippen LogP contribution in [-0.2, 0) is 0 Å². The summed E-state index contributed by atoms with van der Waals surface area (Å²) in [5, 5.41) is 9.04. The Kier molecular flexibility index (Phi) is 4.68. The van der Waals surface area contributed by atoms with Crippen molar-refractivity contribution in [2.75, 3.05) is 6.61 Å². The van der Waals surface area contributed by atoms with Gasteiger partial charge in [0.2, 0.25) is 0 Å². The molecule has 16 heavy (non-hydrogen) atoms. The highest BCUT2D eigenvalue weighted by Crippen LogP contribution is 2.22. The minimum absolute atomic E-state index is 0.0424. The maximum absolute atomic E-state index is 10.8. The van der Waals surface area contributed by atoms with E-state index < -0.39 is 5.97 Å². The second-order valence-corrected chi connectivity index (χ2v) is 3.38. The van der Waals surface area contributed by atoms with E-state index in [-0.39, 0.29) is 10.6 Å². The lowest BCUT2D eigenvalue weighted by molar-refractivity contribution is 0.0696. The van der Waals surface area contributed by atoms with Crippen LogP contribution >= 0.6 is 11.6 Å². The van der Waals surface area contributed by atoms with Crippen LogP contribution in [0.1, 0.15) is 23.7 Å². The van der Waals surface area contributed by atoms with Gasteiger partial charge in [-0.2, -0.15) is 0 Å². The minimum Gasteiger partial charge on any atom is -0.493 e. The molecule has 4 heteroatoms. The van der Waals surface area contributed by atoms with Gasteiger partial charge in [-0.1, -0.05) is 11.6 Å². The fourth-order valence-electron chi connectivity index (χ4n) is 1.10. The Morgan fingerprint density at radius 3 is 2.94 bits per heavy atom. The second-order valence-electron chi connectivity index (χ2n) is 2.97. The predicted molar refractivity (Wildman–Crippen MR) is 62.0 cm³/mol. The van der Waals surface area contributed by atoms with Crippen LogP contribution in [-0.4, -0.2) is 17.7 Å². The number of hydrogen-bond donors (Lipinski definition) is 1. The van der Waals surface area contributed by atoms with Gasteiger partial charge < -0.3 is 9.84 Å². The van der Waals surface area contributed by atoms with E-state index in [0.717, 1.165) is 0 Å². The molecular weight excluding hydrogens is 228 g/mol. The Morgan fingerprint density at radius 1 is 1.56 bits per heavy atom. The average Bonchev–Trinajstić information content (AvgIpc) is 2.26. The summed E-state index contributed by atoms with van der Waals surface area (Å²) in [6.45, 7) is 2.19. The molecular formula is C12H11ClO3. The molecule has 0 radical (unpaired) electrons. The first-order valence-corrected chi connectivity index (χ1v) is 5.08. The predicted octanol–water partition coefficient (Wildman–Crippen LogP) is 2.83. The van der Waals surface area contributed by atoms with Gasteiger partial charge in [0, 0.05) is 6.42 Å². The summed E-state index contributed by atoms with van der Waals surface area (Å²) >= 11 is 5.72. The molecule has 3 nitrogen and oxygen atoms in total.